The number of hydrogen-bond acceptors (Lipinski definition) is 5. The van der Waals surface area contributed by atoms with Gasteiger partial charge in [-0.05, 0) is 66.3 Å². The number of carboxylic acid groups (broad SMARTS) is 1. The summed E-state index contributed by atoms with van der Waals surface area (Å²) in [7, 11) is 1.74. The van der Waals surface area contributed by atoms with Crippen LogP contribution in [0, 0.1) is 13.8 Å². The molecule has 2 atom stereocenters. The van der Waals surface area contributed by atoms with Crippen molar-refractivity contribution in [1.82, 2.24) is 9.47 Å². The molecule has 1 aliphatic rings. The van der Waals surface area contributed by atoms with E-state index in [-0.39, 0.29) is 12.3 Å². The van der Waals surface area contributed by atoms with E-state index in [1.165, 1.54) is 21.8 Å². The molecule has 3 aromatic rings. The number of anilines is 2. The van der Waals surface area contributed by atoms with Crippen molar-refractivity contribution in [2.24, 2.45) is 5.84 Å². The third kappa shape index (κ3) is 4.92. The standard InChI is InChI=1S/C28H37N5O2/c1-5-24-25-7-6-12-32(25)13-14-33(24)17-21-15-20(9-8-18(21)2)23(16-27(34)35)22-10-11-26(31(4)30)28(29)19(22)3/h6-12,15,23-24H,5,13-14,16-17,29-30H2,1-4H3,(H,34,35). The second-order valence-corrected chi connectivity index (χ2v) is 9.68. The average Bonchev–Trinajstić information content (AvgIpc) is 3.29. The van der Waals surface area contributed by atoms with Gasteiger partial charge in [0.2, 0.25) is 0 Å². The highest BCUT2D eigenvalue weighted by molar-refractivity contribution is 5.74. The number of nitrogens with two attached hydrogens (primary N) is 2. The molecule has 0 spiro atoms. The molecule has 0 aliphatic carbocycles. The SMILES string of the molecule is CCC1c2cccn2CCN1Cc1cc(C(CC(=O)O)c2ccc(N(C)N)c(N)c2C)ccc1C. The minimum absolute atomic E-state index is 0.00456. The third-order valence-corrected chi connectivity index (χ3v) is 7.48. The molecular formula is C28H37N5O2. The average molecular weight is 476 g/mol. The van der Waals surface area contributed by atoms with Crippen molar-refractivity contribution in [3.05, 3.63) is 82.2 Å². The van der Waals surface area contributed by atoms with Crippen molar-refractivity contribution < 1.29 is 9.90 Å². The number of hydrogen-bond donors (Lipinski definition) is 3. The van der Waals surface area contributed by atoms with Gasteiger partial charge in [0.05, 0.1) is 23.8 Å². The van der Waals surface area contributed by atoms with Crippen LogP contribution in [0.2, 0.25) is 0 Å². The lowest BCUT2D eigenvalue weighted by Crippen LogP contribution is -2.37. The Kier molecular flexibility index (Phi) is 7.19. The first-order chi connectivity index (χ1) is 16.7. The number of fused-ring (bicyclic) bond motifs is 1. The summed E-state index contributed by atoms with van der Waals surface area (Å²) in [4.78, 5) is 14.4. The summed E-state index contributed by atoms with van der Waals surface area (Å²) in [5.74, 6) is 4.79. The van der Waals surface area contributed by atoms with E-state index in [0.717, 1.165) is 48.4 Å². The number of benzene rings is 2. The highest BCUT2D eigenvalue weighted by Crippen LogP contribution is 2.37. The number of nitrogen functional groups attached to an aromatic ring is 1. The first-order valence-corrected chi connectivity index (χ1v) is 12.3. The first kappa shape index (κ1) is 24.8. The fraction of sp³-hybridized carbons (Fsp3) is 0.393. The molecule has 1 aromatic heterocycles. The zero-order valence-corrected chi connectivity index (χ0v) is 21.2. The highest BCUT2D eigenvalue weighted by Gasteiger charge is 2.27. The number of rotatable bonds is 8. The Hall–Kier alpha value is -3.29. The summed E-state index contributed by atoms with van der Waals surface area (Å²) in [6.07, 6.45) is 3.21. The second kappa shape index (κ2) is 10.1. The number of carbonyl (C=O) groups is 1. The Morgan fingerprint density at radius 3 is 2.66 bits per heavy atom. The lowest BCUT2D eigenvalue weighted by molar-refractivity contribution is -0.137. The Morgan fingerprint density at radius 2 is 1.97 bits per heavy atom. The Balaban J connectivity index is 1.70. The zero-order valence-electron chi connectivity index (χ0n) is 21.2. The minimum atomic E-state index is -0.835. The molecule has 0 fully saturated rings. The van der Waals surface area contributed by atoms with Gasteiger partial charge in [-0.15, -0.1) is 0 Å². The normalized spacial score (nSPS) is 16.7. The summed E-state index contributed by atoms with van der Waals surface area (Å²) >= 11 is 0. The van der Waals surface area contributed by atoms with Gasteiger partial charge in [-0.1, -0.05) is 31.2 Å². The van der Waals surface area contributed by atoms with E-state index in [2.05, 4.69) is 59.8 Å². The molecule has 0 radical (unpaired) electrons. The quantitative estimate of drug-likeness (QED) is 0.251. The largest absolute Gasteiger partial charge is 0.481 e. The van der Waals surface area contributed by atoms with Crippen molar-refractivity contribution in [3.63, 3.8) is 0 Å². The molecule has 4 rings (SSSR count). The predicted molar refractivity (Wildman–Crippen MR) is 141 cm³/mol. The van der Waals surface area contributed by atoms with Gasteiger partial charge in [-0.25, -0.2) is 5.84 Å². The van der Waals surface area contributed by atoms with Crippen LogP contribution in [0.15, 0.2) is 48.7 Å². The van der Waals surface area contributed by atoms with Crippen molar-refractivity contribution in [2.45, 2.75) is 58.7 Å². The minimum Gasteiger partial charge on any atom is -0.481 e. The van der Waals surface area contributed by atoms with Gasteiger partial charge < -0.3 is 20.4 Å². The van der Waals surface area contributed by atoms with E-state index >= 15 is 0 Å². The molecule has 2 heterocycles. The van der Waals surface area contributed by atoms with Crippen LogP contribution >= 0.6 is 0 Å². The summed E-state index contributed by atoms with van der Waals surface area (Å²) in [6, 6.07) is 14.9. The zero-order chi connectivity index (χ0) is 25.3. The van der Waals surface area contributed by atoms with Crippen LogP contribution in [0.25, 0.3) is 0 Å². The molecule has 2 unspecified atom stereocenters. The number of aliphatic carboxylic acids is 1. The maximum atomic E-state index is 11.9. The van der Waals surface area contributed by atoms with Gasteiger partial charge in [0.15, 0.2) is 0 Å². The van der Waals surface area contributed by atoms with Crippen LogP contribution in [0.3, 0.4) is 0 Å². The molecular weight excluding hydrogens is 438 g/mol. The number of carboxylic acids is 1. The molecule has 0 saturated heterocycles. The molecule has 2 aromatic carbocycles. The molecule has 7 nitrogen and oxygen atoms in total. The van der Waals surface area contributed by atoms with Crippen LogP contribution in [-0.4, -0.2) is 34.1 Å². The van der Waals surface area contributed by atoms with Crippen molar-refractivity contribution >= 4 is 17.3 Å². The Labute approximate surface area is 207 Å². The number of nitrogens with zero attached hydrogens (tertiary/aromatic N) is 3. The Bertz CT molecular complexity index is 1220. The fourth-order valence-electron chi connectivity index (χ4n) is 5.46. The van der Waals surface area contributed by atoms with Crippen molar-refractivity contribution in [2.75, 3.05) is 24.3 Å². The fourth-order valence-corrected chi connectivity index (χ4v) is 5.46. The monoisotopic (exact) mass is 475 g/mol. The molecule has 186 valence electrons. The van der Waals surface area contributed by atoms with Gasteiger partial charge in [0.25, 0.3) is 0 Å². The maximum absolute atomic E-state index is 11.9. The van der Waals surface area contributed by atoms with E-state index in [4.69, 9.17) is 11.6 Å². The summed E-state index contributed by atoms with van der Waals surface area (Å²) in [5.41, 5.74) is 14.3. The van der Waals surface area contributed by atoms with Crippen LogP contribution in [-0.2, 0) is 17.9 Å². The van der Waals surface area contributed by atoms with Crippen LogP contribution in [0.4, 0.5) is 11.4 Å². The van der Waals surface area contributed by atoms with E-state index in [1.807, 2.05) is 19.1 Å². The third-order valence-electron chi connectivity index (χ3n) is 7.48. The molecule has 0 bridgehead atoms. The van der Waals surface area contributed by atoms with Gasteiger partial charge in [0.1, 0.15) is 0 Å². The predicted octanol–water partition coefficient (Wildman–Crippen LogP) is 4.57. The first-order valence-electron chi connectivity index (χ1n) is 12.3. The smallest absolute Gasteiger partial charge is 0.304 e. The van der Waals surface area contributed by atoms with Gasteiger partial charge in [0, 0.05) is 44.5 Å². The molecule has 7 heteroatoms. The number of aromatic nitrogens is 1. The summed E-state index contributed by atoms with van der Waals surface area (Å²) in [6.45, 7) is 9.12. The van der Waals surface area contributed by atoms with E-state index in [9.17, 15) is 9.90 Å². The number of aryl methyl sites for hydroxylation is 1. The molecule has 35 heavy (non-hydrogen) atoms. The summed E-state index contributed by atoms with van der Waals surface area (Å²) < 4.78 is 2.35. The van der Waals surface area contributed by atoms with Crippen LogP contribution in [0.1, 0.15) is 65.2 Å². The number of hydrazine groups is 1. The van der Waals surface area contributed by atoms with E-state index < -0.39 is 5.97 Å². The van der Waals surface area contributed by atoms with Crippen molar-refractivity contribution in [1.29, 1.82) is 0 Å². The molecule has 1 aliphatic heterocycles. The Morgan fingerprint density at radius 1 is 1.20 bits per heavy atom. The van der Waals surface area contributed by atoms with E-state index in [0.29, 0.717) is 11.7 Å². The van der Waals surface area contributed by atoms with Crippen LogP contribution in [0.5, 0.6) is 0 Å². The topological polar surface area (TPSA) is 101 Å². The van der Waals surface area contributed by atoms with Crippen LogP contribution < -0.4 is 16.6 Å². The van der Waals surface area contributed by atoms with Gasteiger partial charge in [-0.2, -0.15) is 0 Å². The summed E-state index contributed by atoms with van der Waals surface area (Å²) in [5, 5.41) is 11.3. The lowest BCUT2D eigenvalue weighted by Gasteiger charge is -2.37. The van der Waals surface area contributed by atoms with Gasteiger partial charge in [-0.3, -0.25) is 9.69 Å². The van der Waals surface area contributed by atoms with Gasteiger partial charge >= 0.3 is 5.97 Å². The van der Waals surface area contributed by atoms with E-state index in [1.54, 1.807) is 7.05 Å². The maximum Gasteiger partial charge on any atom is 0.304 e. The highest BCUT2D eigenvalue weighted by atomic mass is 16.4. The molecule has 0 saturated carbocycles. The second-order valence-electron chi connectivity index (χ2n) is 9.68. The lowest BCUT2D eigenvalue weighted by atomic mass is 9.84. The molecule has 0 amide bonds. The van der Waals surface area contributed by atoms with Crippen molar-refractivity contribution in [3.8, 4) is 0 Å². The molecule has 5 N–H and O–H groups in total.